The molecule has 0 fully saturated rings. The van der Waals surface area contributed by atoms with Crippen LogP contribution in [0.1, 0.15) is 24.0 Å². The summed E-state index contributed by atoms with van der Waals surface area (Å²) in [5.74, 6) is 0.262. The van der Waals surface area contributed by atoms with E-state index in [1.165, 1.54) is 22.3 Å². The highest BCUT2D eigenvalue weighted by molar-refractivity contribution is 6.12. The molecular formula is C40H23NO4. The highest BCUT2D eigenvalue weighted by Gasteiger charge is 2.28. The molecule has 1 aliphatic rings. The lowest BCUT2D eigenvalue weighted by atomic mass is 9.98. The molecule has 1 unspecified atom stereocenters. The van der Waals surface area contributed by atoms with Gasteiger partial charge in [-0.3, -0.25) is 9.59 Å². The first kappa shape index (κ1) is 24.5. The molecule has 45 heavy (non-hydrogen) atoms. The van der Waals surface area contributed by atoms with E-state index in [1.807, 2.05) is 30.3 Å². The van der Waals surface area contributed by atoms with Crippen molar-refractivity contribution in [3.05, 3.63) is 147 Å². The summed E-state index contributed by atoms with van der Waals surface area (Å²) in [6.07, 6.45) is 0. The first-order valence-electron chi connectivity index (χ1n) is 15.1. The standard InChI is InChI=1S/C40H23NO4/c1-21-22-9-2-3-10-23(22)28-17-29-24-11-4-6-14-32(24)41(34(29)18-27(21)28)33-15-8-13-26-39(43)31-19-36-30(20-37(31)45-40(26)33)38(42)25-12-5-7-16-35(25)44-36/h2-21H,1H3. The largest absolute Gasteiger partial charge is 0.456 e. The van der Waals surface area contributed by atoms with Gasteiger partial charge in [-0.2, -0.15) is 0 Å². The van der Waals surface area contributed by atoms with Gasteiger partial charge in [0.2, 0.25) is 10.9 Å². The zero-order valence-electron chi connectivity index (χ0n) is 24.1. The molecule has 5 nitrogen and oxygen atoms in total. The van der Waals surface area contributed by atoms with Crippen molar-refractivity contribution in [1.82, 2.24) is 4.57 Å². The van der Waals surface area contributed by atoms with Gasteiger partial charge in [0.15, 0.2) is 5.58 Å². The lowest BCUT2D eigenvalue weighted by Gasteiger charge is -2.13. The van der Waals surface area contributed by atoms with Crippen LogP contribution in [0.3, 0.4) is 0 Å². The van der Waals surface area contributed by atoms with E-state index >= 15 is 0 Å². The summed E-state index contributed by atoms with van der Waals surface area (Å²) in [6, 6.07) is 37.8. The van der Waals surface area contributed by atoms with E-state index in [0.717, 1.165) is 27.5 Å². The molecule has 0 saturated heterocycles. The maximum Gasteiger partial charge on any atom is 0.200 e. The maximum atomic E-state index is 14.1. The van der Waals surface area contributed by atoms with Crippen molar-refractivity contribution >= 4 is 65.7 Å². The molecule has 0 spiro atoms. The molecule has 5 heteroatoms. The summed E-state index contributed by atoms with van der Waals surface area (Å²) in [6.45, 7) is 2.26. The van der Waals surface area contributed by atoms with E-state index < -0.39 is 0 Å². The average molecular weight is 582 g/mol. The van der Waals surface area contributed by atoms with Crippen LogP contribution in [-0.2, 0) is 0 Å². The molecule has 1 atom stereocenters. The summed E-state index contributed by atoms with van der Waals surface area (Å²) in [7, 11) is 0. The van der Waals surface area contributed by atoms with Crippen molar-refractivity contribution < 1.29 is 8.83 Å². The Morgan fingerprint density at radius 3 is 2.07 bits per heavy atom. The molecular weight excluding hydrogens is 558 g/mol. The van der Waals surface area contributed by atoms with Crippen LogP contribution in [0.25, 0.3) is 82.5 Å². The van der Waals surface area contributed by atoms with E-state index in [2.05, 4.69) is 66.1 Å². The monoisotopic (exact) mass is 581 g/mol. The van der Waals surface area contributed by atoms with E-state index in [-0.39, 0.29) is 16.8 Å². The number of nitrogens with zero attached hydrogens (tertiary/aromatic N) is 1. The number of hydrogen-bond acceptors (Lipinski definition) is 4. The fraction of sp³-hybridized carbons (Fsp3) is 0.0500. The highest BCUT2D eigenvalue weighted by Crippen LogP contribution is 2.48. The third-order valence-corrected chi connectivity index (χ3v) is 9.64. The SMILES string of the molecule is CC1c2ccccc2-c2cc3c4ccccc4n(-c4cccc5c(=O)c6cc7oc8ccccc8c(=O)c7cc6oc45)c3cc21. The fourth-order valence-corrected chi connectivity index (χ4v) is 7.50. The number of rotatable bonds is 1. The number of fused-ring (bicyclic) bond motifs is 10. The Labute approximate surface area is 255 Å². The van der Waals surface area contributed by atoms with Gasteiger partial charge in [0.05, 0.1) is 38.3 Å². The zero-order chi connectivity index (χ0) is 30.0. The second kappa shape index (κ2) is 8.58. The van der Waals surface area contributed by atoms with Crippen LogP contribution < -0.4 is 10.9 Å². The minimum absolute atomic E-state index is 0.156. The molecule has 0 saturated carbocycles. The van der Waals surface area contributed by atoms with Crippen LogP contribution in [0.4, 0.5) is 0 Å². The smallest absolute Gasteiger partial charge is 0.200 e. The third kappa shape index (κ3) is 3.16. The Balaban J connectivity index is 1.31. The summed E-state index contributed by atoms with van der Waals surface area (Å²) >= 11 is 0. The fourth-order valence-electron chi connectivity index (χ4n) is 7.50. The number of para-hydroxylation sites is 3. The predicted molar refractivity (Wildman–Crippen MR) is 181 cm³/mol. The second-order valence-corrected chi connectivity index (χ2v) is 12.0. The van der Waals surface area contributed by atoms with E-state index in [1.54, 1.807) is 30.3 Å². The van der Waals surface area contributed by atoms with E-state index in [0.29, 0.717) is 43.9 Å². The second-order valence-electron chi connectivity index (χ2n) is 12.0. The van der Waals surface area contributed by atoms with Crippen molar-refractivity contribution in [1.29, 1.82) is 0 Å². The van der Waals surface area contributed by atoms with E-state index in [4.69, 9.17) is 8.83 Å². The minimum atomic E-state index is -0.170. The van der Waals surface area contributed by atoms with Gasteiger partial charge in [-0.1, -0.05) is 67.6 Å². The molecule has 212 valence electrons. The Kier molecular flexibility index (Phi) is 4.67. The van der Waals surface area contributed by atoms with Crippen molar-refractivity contribution in [3.63, 3.8) is 0 Å². The molecule has 0 aliphatic heterocycles. The molecule has 9 aromatic rings. The van der Waals surface area contributed by atoms with Gasteiger partial charge in [0.1, 0.15) is 16.7 Å². The predicted octanol–water partition coefficient (Wildman–Crippen LogP) is 9.44. The van der Waals surface area contributed by atoms with Gasteiger partial charge in [-0.25, -0.2) is 0 Å². The van der Waals surface area contributed by atoms with Crippen LogP contribution in [0, 0.1) is 0 Å². The van der Waals surface area contributed by atoms with Crippen LogP contribution in [0.2, 0.25) is 0 Å². The lowest BCUT2D eigenvalue weighted by Crippen LogP contribution is -2.07. The van der Waals surface area contributed by atoms with Crippen LogP contribution >= 0.6 is 0 Å². The molecule has 10 rings (SSSR count). The van der Waals surface area contributed by atoms with Crippen molar-refractivity contribution in [2.24, 2.45) is 0 Å². The maximum absolute atomic E-state index is 14.1. The molecule has 1 aliphatic carbocycles. The molecule has 3 heterocycles. The van der Waals surface area contributed by atoms with E-state index in [9.17, 15) is 9.59 Å². The van der Waals surface area contributed by atoms with Crippen molar-refractivity contribution in [2.75, 3.05) is 0 Å². The van der Waals surface area contributed by atoms with Gasteiger partial charge in [0.25, 0.3) is 0 Å². The lowest BCUT2D eigenvalue weighted by molar-refractivity contribution is 0.651. The molecule has 3 aromatic heterocycles. The number of aromatic nitrogens is 1. The first-order chi connectivity index (χ1) is 22.1. The average Bonchev–Trinajstić information content (AvgIpc) is 3.54. The minimum Gasteiger partial charge on any atom is -0.456 e. The summed E-state index contributed by atoms with van der Waals surface area (Å²) in [4.78, 5) is 27.5. The van der Waals surface area contributed by atoms with Crippen molar-refractivity contribution in [3.8, 4) is 16.8 Å². The quantitative estimate of drug-likeness (QED) is 0.181. The van der Waals surface area contributed by atoms with Gasteiger partial charge in [-0.15, -0.1) is 0 Å². The Morgan fingerprint density at radius 1 is 0.511 bits per heavy atom. The van der Waals surface area contributed by atoms with Gasteiger partial charge in [0, 0.05) is 16.7 Å². The van der Waals surface area contributed by atoms with Crippen LogP contribution in [0.15, 0.2) is 134 Å². The van der Waals surface area contributed by atoms with Gasteiger partial charge < -0.3 is 13.4 Å². The summed E-state index contributed by atoms with van der Waals surface area (Å²) in [5.41, 5.74) is 9.35. The topological polar surface area (TPSA) is 65.3 Å². The number of benzene rings is 6. The van der Waals surface area contributed by atoms with Crippen LogP contribution in [0.5, 0.6) is 0 Å². The summed E-state index contributed by atoms with van der Waals surface area (Å²) in [5, 5.41) is 3.98. The Hall–Kier alpha value is -5.94. The van der Waals surface area contributed by atoms with Gasteiger partial charge >= 0.3 is 0 Å². The van der Waals surface area contributed by atoms with Gasteiger partial charge in [-0.05, 0) is 76.9 Å². The Morgan fingerprint density at radius 2 is 1.20 bits per heavy atom. The number of hydrogen-bond donors (Lipinski definition) is 0. The third-order valence-electron chi connectivity index (χ3n) is 9.64. The zero-order valence-corrected chi connectivity index (χ0v) is 24.1. The molecule has 0 N–H and O–H groups in total. The Bertz CT molecular complexity index is 2890. The first-order valence-corrected chi connectivity index (χ1v) is 15.1. The van der Waals surface area contributed by atoms with Crippen molar-refractivity contribution in [2.45, 2.75) is 12.8 Å². The van der Waals surface area contributed by atoms with Crippen LogP contribution in [-0.4, -0.2) is 4.57 Å². The molecule has 0 radical (unpaired) electrons. The molecule has 0 bridgehead atoms. The highest BCUT2D eigenvalue weighted by atomic mass is 16.3. The normalized spacial score (nSPS) is 14.3. The molecule has 6 aromatic carbocycles. The molecule has 0 amide bonds. The summed E-state index contributed by atoms with van der Waals surface area (Å²) < 4.78 is 14.9.